The van der Waals surface area contributed by atoms with E-state index in [0.717, 1.165) is 16.3 Å². The van der Waals surface area contributed by atoms with Gasteiger partial charge >= 0.3 is 0 Å². The van der Waals surface area contributed by atoms with E-state index >= 15 is 0 Å². The van der Waals surface area contributed by atoms with Gasteiger partial charge in [-0.15, -0.1) is 0 Å². The number of amides is 3. The monoisotopic (exact) mass is 550 g/mol. The first-order chi connectivity index (χ1) is 19.8. The Hall–Kier alpha value is -5.38. The van der Waals surface area contributed by atoms with E-state index in [9.17, 15) is 18.8 Å². The zero-order valence-corrected chi connectivity index (χ0v) is 22.2. The summed E-state index contributed by atoms with van der Waals surface area (Å²) in [6.07, 6.45) is 3.95. The SMILES string of the molecule is CC(=O)NCC(=O)Nc1cc(C(=O)NCCc2ccc(F)cc2)cc(-c2cnc(-c3cc4ccccc4cn3)[nH]2)c1. The van der Waals surface area contributed by atoms with Crippen LogP contribution in [0.3, 0.4) is 0 Å². The molecule has 0 fully saturated rings. The lowest BCUT2D eigenvalue weighted by Crippen LogP contribution is -2.31. The number of rotatable bonds is 9. The van der Waals surface area contributed by atoms with Crippen molar-refractivity contribution in [1.82, 2.24) is 25.6 Å². The molecule has 0 atom stereocenters. The second kappa shape index (κ2) is 12.2. The van der Waals surface area contributed by atoms with Crippen LogP contribution in [0.25, 0.3) is 33.5 Å². The topological polar surface area (TPSA) is 129 Å². The van der Waals surface area contributed by atoms with Crippen LogP contribution in [0.4, 0.5) is 10.1 Å². The molecule has 0 aliphatic heterocycles. The molecule has 3 aromatic carbocycles. The molecule has 0 saturated heterocycles. The molecule has 5 aromatic rings. The molecule has 0 bridgehead atoms. The zero-order chi connectivity index (χ0) is 28.8. The van der Waals surface area contributed by atoms with E-state index in [-0.39, 0.29) is 24.2 Å². The Morgan fingerprint density at radius 1 is 0.878 bits per heavy atom. The highest BCUT2D eigenvalue weighted by atomic mass is 19.1. The van der Waals surface area contributed by atoms with Gasteiger partial charge in [0, 0.05) is 41.9 Å². The first-order valence-corrected chi connectivity index (χ1v) is 13.0. The number of carbonyl (C=O) groups excluding carboxylic acids is 3. The number of pyridine rings is 1. The Bertz CT molecular complexity index is 1730. The maximum Gasteiger partial charge on any atom is 0.251 e. The van der Waals surface area contributed by atoms with Gasteiger partial charge in [-0.05, 0) is 53.8 Å². The summed E-state index contributed by atoms with van der Waals surface area (Å²) in [5.74, 6) is -0.882. The van der Waals surface area contributed by atoms with E-state index in [1.165, 1.54) is 19.1 Å². The summed E-state index contributed by atoms with van der Waals surface area (Å²) in [7, 11) is 0. The number of carbonyl (C=O) groups is 3. The standard InChI is InChI=1S/C31H27FN6O3/c1-19(39)34-18-29(40)37-26-13-23(12-24(14-26)31(41)33-11-10-20-6-8-25(32)9-7-20)28-17-36-30(38-28)27-15-21-4-2-3-5-22(21)16-35-27/h2-9,12-17H,10-11,18H2,1H3,(H,33,41)(H,34,39)(H,36,38)(H,37,40). The molecule has 2 heterocycles. The van der Waals surface area contributed by atoms with Gasteiger partial charge in [-0.2, -0.15) is 0 Å². The number of anilines is 1. The van der Waals surface area contributed by atoms with Gasteiger partial charge in [0.25, 0.3) is 5.91 Å². The quantitative estimate of drug-likeness (QED) is 0.215. The maximum atomic E-state index is 13.2. The Balaban J connectivity index is 1.39. The molecule has 2 aromatic heterocycles. The molecule has 206 valence electrons. The van der Waals surface area contributed by atoms with Crippen molar-refractivity contribution in [2.75, 3.05) is 18.4 Å². The van der Waals surface area contributed by atoms with Crippen LogP contribution in [0.5, 0.6) is 0 Å². The summed E-state index contributed by atoms with van der Waals surface area (Å²) in [5, 5.41) is 10.1. The number of hydrogen-bond donors (Lipinski definition) is 4. The number of aromatic amines is 1. The first kappa shape index (κ1) is 27.2. The number of nitrogens with one attached hydrogen (secondary N) is 4. The highest BCUT2D eigenvalue weighted by Gasteiger charge is 2.14. The van der Waals surface area contributed by atoms with Crippen molar-refractivity contribution >= 4 is 34.2 Å². The molecule has 0 aliphatic rings. The van der Waals surface area contributed by atoms with Gasteiger partial charge in [-0.1, -0.05) is 36.4 Å². The predicted octanol–water partition coefficient (Wildman–Crippen LogP) is 4.48. The summed E-state index contributed by atoms with van der Waals surface area (Å²) in [5.41, 5.74) is 3.48. The van der Waals surface area contributed by atoms with Crippen LogP contribution in [0.1, 0.15) is 22.8 Å². The summed E-state index contributed by atoms with van der Waals surface area (Å²) in [4.78, 5) is 49.0. The van der Waals surface area contributed by atoms with E-state index in [1.54, 1.807) is 42.7 Å². The molecule has 9 nitrogen and oxygen atoms in total. The lowest BCUT2D eigenvalue weighted by Gasteiger charge is -2.11. The fourth-order valence-electron chi connectivity index (χ4n) is 4.28. The number of H-pyrrole nitrogens is 1. The van der Waals surface area contributed by atoms with E-state index in [4.69, 9.17) is 0 Å². The molecule has 4 N–H and O–H groups in total. The molecule has 0 unspecified atom stereocenters. The van der Waals surface area contributed by atoms with Crippen molar-refractivity contribution in [2.45, 2.75) is 13.3 Å². The van der Waals surface area contributed by atoms with Crippen molar-refractivity contribution in [3.8, 4) is 22.8 Å². The van der Waals surface area contributed by atoms with Gasteiger partial charge in [-0.3, -0.25) is 19.4 Å². The third-order valence-corrected chi connectivity index (χ3v) is 6.35. The molecule has 0 spiro atoms. The fourth-order valence-corrected chi connectivity index (χ4v) is 4.28. The third kappa shape index (κ3) is 6.99. The number of benzene rings is 3. The Morgan fingerprint density at radius 3 is 2.44 bits per heavy atom. The lowest BCUT2D eigenvalue weighted by atomic mass is 10.1. The van der Waals surface area contributed by atoms with E-state index in [2.05, 4.69) is 30.9 Å². The lowest BCUT2D eigenvalue weighted by molar-refractivity contribution is -0.122. The summed E-state index contributed by atoms with van der Waals surface area (Å²) in [6.45, 7) is 1.45. The molecule has 10 heteroatoms. The van der Waals surface area contributed by atoms with Crippen LogP contribution in [-0.2, 0) is 16.0 Å². The minimum atomic E-state index is -0.439. The number of aromatic nitrogens is 3. The Labute approximate surface area is 235 Å². The van der Waals surface area contributed by atoms with Crippen LogP contribution in [0.15, 0.2) is 85.2 Å². The molecule has 0 saturated carbocycles. The molecule has 3 amide bonds. The van der Waals surface area contributed by atoms with Crippen molar-refractivity contribution in [3.05, 3.63) is 102 Å². The summed E-state index contributed by atoms with van der Waals surface area (Å²) in [6, 6.07) is 20.9. The smallest absolute Gasteiger partial charge is 0.251 e. The molecular weight excluding hydrogens is 523 g/mol. The minimum Gasteiger partial charge on any atom is -0.352 e. The Kier molecular flexibility index (Phi) is 8.10. The van der Waals surface area contributed by atoms with Crippen LogP contribution in [0.2, 0.25) is 0 Å². The normalized spacial score (nSPS) is 10.8. The van der Waals surface area contributed by atoms with Crippen molar-refractivity contribution in [2.24, 2.45) is 0 Å². The third-order valence-electron chi connectivity index (χ3n) is 6.35. The molecular formula is C31H27FN6O3. The number of fused-ring (bicyclic) bond motifs is 1. The zero-order valence-electron chi connectivity index (χ0n) is 22.2. The highest BCUT2D eigenvalue weighted by molar-refractivity contribution is 5.99. The van der Waals surface area contributed by atoms with Crippen molar-refractivity contribution < 1.29 is 18.8 Å². The maximum absolute atomic E-state index is 13.2. The predicted molar refractivity (Wildman–Crippen MR) is 155 cm³/mol. The Morgan fingerprint density at radius 2 is 1.66 bits per heavy atom. The van der Waals surface area contributed by atoms with E-state index in [1.807, 2.05) is 30.3 Å². The average molecular weight is 551 g/mol. The van der Waals surface area contributed by atoms with Crippen LogP contribution >= 0.6 is 0 Å². The summed E-state index contributed by atoms with van der Waals surface area (Å²) < 4.78 is 13.2. The largest absolute Gasteiger partial charge is 0.352 e. The second-order valence-corrected chi connectivity index (χ2v) is 9.45. The average Bonchev–Trinajstić information content (AvgIpc) is 3.47. The number of hydrogen-bond acceptors (Lipinski definition) is 5. The van der Waals surface area contributed by atoms with Crippen molar-refractivity contribution in [1.29, 1.82) is 0 Å². The van der Waals surface area contributed by atoms with E-state index in [0.29, 0.717) is 47.0 Å². The molecule has 41 heavy (non-hydrogen) atoms. The molecule has 5 rings (SSSR count). The number of imidazole rings is 1. The van der Waals surface area contributed by atoms with Crippen LogP contribution in [0, 0.1) is 5.82 Å². The minimum absolute atomic E-state index is 0.208. The number of halogens is 1. The van der Waals surface area contributed by atoms with Gasteiger partial charge < -0.3 is 20.9 Å². The van der Waals surface area contributed by atoms with Gasteiger partial charge in [0.15, 0.2) is 5.82 Å². The van der Waals surface area contributed by atoms with E-state index < -0.39 is 5.91 Å². The summed E-state index contributed by atoms with van der Waals surface area (Å²) >= 11 is 0. The number of nitrogens with zero attached hydrogens (tertiary/aromatic N) is 2. The van der Waals surface area contributed by atoms with Crippen molar-refractivity contribution in [3.63, 3.8) is 0 Å². The molecule has 0 radical (unpaired) electrons. The molecule has 0 aliphatic carbocycles. The van der Waals surface area contributed by atoms with Gasteiger partial charge in [-0.25, -0.2) is 9.37 Å². The van der Waals surface area contributed by atoms with Crippen LogP contribution < -0.4 is 16.0 Å². The van der Waals surface area contributed by atoms with Gasteiger partial charge in [0.2, 0.25) is 11.8 Å². The van der Waals surface area contributed by atoms with Crippen LogP contribution in [-0.4, -0.2) is 45.8 Å². The fraction of sp³-hybridized carbons (Fsp3) is 0.129. The van der Waals surface area contributed by atoms with Gasteiger partial charge in [0.05, 0.1) is 18.4 Å². The highest BCUT2D eigenvalue weighted by Crippen LogP contribution is 2.27. The van der Waals surface area contributed by atoms with Gasteiger partial charge in [0.1, 0.15) is 11.5 Å². The second-order valence-electron chi connectivity index (χ2n) is 9.45. The first-order valence-electron chi connectivity index (χ1n) is 13.0.